The van der Waals surface area contributed by atoms with Crippen LogP contribution in [0.4, 0.5) is 0 Å². The molecule has 2 nitrogen and oxygen atoms in total. The van der Waals surface area contributed by atoms with E-state index < -0.39 is 5.60 Å². The molecular formula is C13H27NO. The fraction of sp³-hybridized carbons (Fsp3) is 1.00. The van der Waals surface area contributed by atoms with Crippen LogP contribution in [0.1, 0.15) is 59.3 Å². The van der Waals surface area contributed by atoms with Crippen LogP contribution in [0.15, 0.2) is 0 Å². The molecule has 0 radical (unpaired) electrons. The molecule has 2 heteroatoms. The fourth-order valence-corrected chi connectivity index (χ4v) is 2.19. The standard InChI is InChI=1S/C13H27NO/c1-4-5-10-14-11-13(15)8-6-12(2,3)7-9-13/h14-15H,4-11H2,1-3H3. The second-order valence-electron chi connectivity index (χ2n) is 5.92. The summed E-state index contributed by atoms with van der Waals surface area (Å²) < 4.78 is 0. The lowest BCUT2D eigenvalue weighted by Crippen LogP contribution is -2.45. The van der Waals surface area contributed by atoms with E-state index in [0.29, 0.717) is 5.41 Å². The molecule has 0 spiro atoms. The molecule has 1 aliphatic rings. The van der Waals surface area contributed by atoms with Gasteiger partial charge in [-0.15, -0.1) is 0 Å². The van der Waals surface area contributed by atoms with Gasteiger partial charge in [0.15, 0.2) is 0 Å². The second-order valence-corrected chi connectivity index (χ2v) is 5.92. The monoisotopic (exact) mass is 213 g/mol. The molecule has 0 heterocycles. The number of rotatable bonds is 5. The van der Waals surface area contributed by atoms with Crippen LogP contribution >= 0.6 is 0 Å². The molecule has 1 fully saturated rings. The lowest BCUT2D eigenvalue weighted by molar-refractivity contribution is -0.0241. The van der Waals surface area contributed by atoms with E-state index in [1.807, 2.05) is 0 Å². The van der Waals surface area contributed by atoms with Crippen molar-refractivity contribution in [1.29, 1.82) is 0 Å². The maximum Gasteiger partial charge on any atom is 0.0772 e. The van der Waals surface area contributed by atoms with Gasteiger partial charge in [-0.1, -0.05) is 27.2 Å². The molecule has 0 aromatic carbocycles. The van der Waals surface area contributed by atoms with E-state index in [2.05, 4.69) is 26.1 Å². The number of hydrogen-bond acceptors (Lipinski definition) is 2. The van der Waals surface area contributed by atoms with Crippen LogP contribution in [0.3, 0.4) is 0 Å². The predicted octanol–water partition coefficient (Wildman–Crippen LogP) is 2.71. The summed E-state index contributed by atoms with van der Waals surface area (Å²) in [7, 11) is 0. The molecule has 15 heavy (non-hydrogen) atoms. The maximum atomic E-state index is 10.3. The van der Waals surface area contributed by atoms with Crippen molar-refractivity contribution in [2.75, 3.05) is 13.1 Å². The van der Waals surface area contributed by atoms with Crippen LogP contribution in [0.2, 0.25) is 0 Å². The Balaban J connectivity index is 2.23. The second kappa shape index (κ2) is 5.31. The molecular weight excluding hydrogens is 186 g/mol. The summed E-state index contributed by atoms with van der Waals surface area (Å²) in [5, 5.41) is 13.7. The lowest BCUT2D eigenvalue weighted by atomic mass is 9.71. The minimum Gasteiger partial charge on any atom is -0.389 e. The van der Waals surface area contributed by atoms with Gasteiger partial charge in [-0.05, 0) is 44.1 Å². The summed E-state index contributed by atoms with van der Waals surface area (Å²) in [4.78, 5) is 0. The quantitative estimate of drug-likeness (QED) is 0.688. The van der Waals surface area contributed by atoms with Crippen molar-refractivity contribution >= 4 is 0 Å². The molecule has 0 atom stereocenters. The highest BCUT2D eigenvalue weighted by atomic mass is 16.3. The van der Waals surface area contributed by atoms with Crippen molar-refractivity contribution in [2.24, 2.45) is 5.41 Å². The van der Waals surface area contributed by atoms with Crippen LogP contribution in [-0.2, 0) is 0 Å². The molecule has 1 aliphatic carbocycles. The van der Waals surface area contributed by atoms with Crippen LogP contribution in [0.25, 0.3) is 0 Å². The van der Waals surface area contributed by atoms with Crippen LogP contribution in [0.5, 0.6) is 0 Å². The SMILES string of the molecule is CCCCNCC1(O)CCC(C)(C)CC1. The zero-order chi connectivity index (χ0) is 11.4. The molecule has 0 aliphatic heterocycles. The largest absolute Gasteiger partial charge is 0.389 e. The Morgan fingerprint density at radius 3 is 2.27 bits per heavy atom. The maximum absolute atomic E-state index is 10.3. The topological polar surface area (TPSA) is 32.3 Å². The van der Waals surface area contributed by atoms with Gasteiger partial charge in [0.05, 0.1) is 5.60 Å². The Hall–Kier alpha value is -0.0800. The number of unbranched alkanes of at least 4 members (excludes halogenated alkanes) is 1. The Bertz CT molecular complexity index is 179. The van der Waals surface area contributed by atoms with Crippen molar-refractivity contribution in [3.8, 4) is 0 Å². The van der Waals surface area contributed by atoms with E-state index in [9.17, 15) is 5.11 Å². The van der Waals surface area contributed by atoms with Gasteiger partial charge in [0, 0.05) is 6.54 Å². The Morgan fingerprint density at radius 2 is 1.73 bits per heavy atom. The number of hydrogen-bond donors (Lipinski definition) is 2. The molecule has 1 saturated carbocycles. The molecule has 0 unspecified atom stereocenters. The summed E-state index contributed by atoms with van der Waals surface area (Å²) in [5.41, 5.74) is 0.0128. The van der Waals surface area contributed by atoms with Gasteiger partial charge >= 0.3 is 0 Å². The summed E-state index contributed by atoms with van der Waals surface area (Å²) >= 11 is 0. The van der Waals surface area contributed by atoms with E-state index in [1.54, 1.807) is 0 Å². The highest BCUT2D eigenvalue weighted by molar-refractivity contribution is 4.90. The molecule has 90 valence electrons. The smallest absolute Gasteiger partial charge is 0.0772 e. The van der Waals surface area contributed by atoms with Gasteiger partial charge < -0.3 is 10.4 Å². The number of nitrogens with one attached hydrogen (secondary N) is 1. The van der Waals surface area contributed by atoms with E-state index in [1.165, 1.54) is 12.8 Å². The van der Waals surface area contributed by atoms with Crippen molar-refractivity contribution < 1.29 is 5.11 Å². The molecule has 2 N–H and O–H groups in total. The third-order valence-corrected chi connectivity index (χ3v) is 3.70. The molecule has 0 amide bonds. The van der Waals surface area contributed by atoms with Crippen molar-refractivity contribution in [3.63, 3.8) is 0 Å². The zero-order valence-corrected chi connectivity index (χ0v) is 10.6. The van der Waals surface area contributed by atoms with E-state index in [4.69, 9.17) is 0 Å². The normalized spacial score (nSPS) is 24.0. The van der Waals surface area contributed by atoms with Gasteiger partial charge in [-0.2, -0.15) is 0 Å². The van der Waals surface area contributed by atoms with E-state index in [0.717, 1.165) is 38.8 Å². The highest BCUT2D eigenvalue weighted by Crippen LogP contribution is 2.39. The van der Waals surface area contributed by atoms with Crippen molar-refractivity contribution in [3.05, 3.63) is 0 Å². The van der Waals surface area contributed by atoms with Crippen LogP contribution < -0.4 is 5.32 Å². The lowest BCUT2D eigenvalue weighted by Gasteiger charge is -2.40. The first-order valence-corrected chi connectivity index (χ1v) is 6.41. The van der Waals surface area contributed by atoms with Gasteiger partial charge in [-0.3, -0.25) is 0 Å². The first-order valence-electron chi connectivity index (χ1n) is 6.41. The zero-order valence-electron chi connectivity index (χ0n) is 10.6. The third-order valence-electron chi connectivity index (χ3n) is 3.70. The summed E-state index contributed by atoms with van der Waals surface area (Å²) in [5.74, 6) is 0. The summed E-state index contributed by atoms with van der Waals surface area (Å²) in [6.45, 7) is 8.62. The molecule has 1 rings (SSSR count). The fourth-order valence-electron chi connectivity index (χ4n) is 2.19. The number of aliphatic hydroxyl groups is 1. The predicted molar refractivity (Wildman–Crippen MR) is 65.0 cm³/mol. The van der Waals surface area contributed by atoms with Crippen molar-refractivity contribution in [1.82, 2.24) is 5.32 Å². The molecule has 0 bridgehead atoms. The minimum atomic E-state index is -0.427. The van der Waals surface area contributed by atoms with Gasteiger partial charge in [0.25, 0.3) is 0 Å². The van der Waals surface area contributed by atoms with E-state index >= 15 is 0 Å². The average molecular weight is 213 g/mol. The first-order chi connectivity index (χ1) is 6.97. The molecule has 0 saturated heterocycles. The highest BCUT2D eigenvalue weighted by Gasteiger charge is 2.35. The first kappa shape index (κ1) is 13.0. The van der Waals surface area contributed by atoms with Crippen LogP contribution in [0, 0.1) is 5.41 Å². The van der Waals surface area contributed by atoms with Gasteiger partial charge in [0.1, 0.15) is 0 Å². The van der Waals surface area contributed by atoms with Crippen molar-refractivity contribution in [2.45, 2.75) is 64.9 Å². The average Bonchev–Trinajstić information content (AvgIpc) is 2.19. The Morgan fingerprint density at radius 1 is 1.13 bits per heavy atom. The Labute approximate surface area is 94.5 Å². The molecule has 0 aromatic heterocycles. The molecule has 0 aromatic rings. The minimum absolute atomic E-state index is 0.427. The summed E-state index contributed by atoms with van der Waals surface area (Å²) in [6.07, 6.45) is 6.65. The Kier molecular flexibility index (Phi) is 4.60. The third kappa shape index (κ3) is 4.52. The summed E-state index contributed by atoms with van der Waals surface area (Å²) in [6, 6.07) is 0. The van der Waals surface area contributed by atoms with Gasteiger partial charge in [-0.25, -0.2) is 0 Å². The van der Waals surface area contributed by atoms with E-state index in [-0.39, 0.29) is 0 Å². The van der Waals surface area contributed by atoms with Gasteiger partial charge in [0.2, 0.25) is 0 Å². The van der Waals surface area contributed by atoms with Crippen LogP contribution in [-0.4, -0.2) is 23.8 Å².